The highest BCUT2D eigenvalue weighted by molar-refractivity contribution is 5.86. The van der Waals surface area contributed by atoms with E-state index in [0.717, 1.165) is 23.8 Å². The first-order valence-electron chi connectivity index (χ1n) is 8.88. The first-order chi connectivity index (χ1) is 12.7. The zero-order valence-corrected chi connectivity index (χ0v) is 15.6. The predicted molar refractivity (Wildman–Crippen MR) is 101 cm³/mol. The molecule has 1 amide bonds. The number of rotatable bonds is 3. The van der Waals surface area contributed by atoms with Gasteiger partial charge in [-0.1, -0.05) is 57.2 Å². The maximum absolute atomic E-state index is 14.3. The molecular weight excluding hydrogens is 348 g/mol. The highest BCUT2D eigenvalue weighted by Gasteiger charge is 2.38. The van der Waals surface area contributed by atoms with Crippen LogP contribution < -0.4 is 0 Å². The van der Waals surface area contributed by atoms with Crippen molar-refractivity contribution >= 4 is 11.5 Å². The van der Waals surface area contributed by atoms with E-state index >= 15 is 0 Å². The molecule has 0 bridgehead atoms. The van der Waals surface area contributed by atoms with Crippen LogP contribution in [0.4, 0.5) is 8.78 Å². The zero-order chi connectivity index (χ0) is 19.8. The molecule has 1 heterocycles. The number of hydrogen-bond acceptors (Lipinski definition) is 2. The van der Waals surface area contributed by atoms with Crippen LogP contribution in [0.3, 0.4) is 0 Å². The van der Waals surface area contributed by atoms with E-state index in [2.05, 4.69) is 0 Å². The second kappa shape index (κ2) is 7.24. The molecule has 2 aromatic carbocycles. The van der Waals surface area contributed by atoms with Gasteiger partial charge in [-0.3, -0.25) is 4.79 Å². The molecule has 142 valence electrons. The zero-order valence-electron chi connectivity index (χ0n) is 15.6. The van der Waals surface area contributed by atoms with Crippen molar-refractivity contribution in [1.29, 1.82) is 0 Å². The third-order valence-electron chi connectivity index (χ3n) is 4.79. The Balaban J connectivity index is 2.02. The summed E-state index contributed by atoms with van der Waals surface area (Å²) in [4.78, 5) is 14.5. The van der Waals surface area contributed by atoms with Gasteiger partial charge in [0.25, 0.3) is 5.91 Å². The molecule has 1 aliphatic heterocycles. The topological polar surface area (TPSA) is 40.5 Å². The molecule has 0 radical (unpaired) electrons. The molecule has 5 heteroatoms. The summed E-state index contributed by atoms with van der Waals surface area (Å²) in [5.41, 5.74) is 0.871. The first kappa shape index (κ1) is 19.2. The van der Waals surface area contributed by atoms with Gasteiger partial charge in [0.1, 0.15) is 17.7 Å². The number of aliphatic hydroxyl groups excluding tert-OH is 1. The van der Waals surface area contributed by atoms with Gasteiger partial charge in [-0.15, -0.1) is 0 Å². The Bertz CT molecular complexity index is 872. The van der Waals surface area contributed by atoms with Crippen LogP contribution in [0, 0.1) is 17.0 Å². The largest absolute Gasteiger partial charge is 0.383 e. The van der Waals surface area contributed by atoms with Gasteiger partial charge < -0.3 is 10.0 Å². The Labute approximate surface area is 157 Å². The van der Waals surface area contributed by atoms with E-state index in [1.807, 2.05) is 30.3 Å². The molecule has 1 aliphatic rings. The summed E-state index contributed by atoms with van der Waals surface area (Å²) in [7, 11) is 0. The van der Waals surface area contributed by atoms with Crippen molar-refractivity contribution in [2.24, 2.45) is 5.41 Å². The Morgan fingerprint density at radius 2 is 1.81 bits per heavy atom. The number of aliphatic hydroxyl groups is 1. The van der Waals surface area contributed by atoms with Crippen LogP contribution in [-0.2, 0) is 4.79 Å². The molecule has 3 rings (SSSR count). The number of halogens is 2. The molecular formula is C22H23F2NO2. The van der Waals surface area contributed by atoms with Crippen LogP contribution in [-0.4, -0.2) is 28.6 Å². The van der Waals surface area contributed by atoms with Crippen LogP contribution in [0.15, 0.2) is 54.6 Å². The van der Waals surface area contributed by atoms with Crippen molar-refractivity contribution in [2.45, 2.75) is 32.9 Å². The van der Waals surface area contributed by atoms with E-state index in [9.17, 15) is 18.7 Å². The van der Waals surface area contributed by atoms with Crippen molar-refractivity contribution in [3.63, 3.8) is 0 Å². The lowest BCUT2D eigenvalue weighted by molar-refractivity contribution is -0.146. The number of hydrogen-bond donors (Lipinski definition) is 1. The number of carbonyl (C=O) groups excluding carboxylic acids is 1. The monoisotopic (exact) mass is 371 g/mol. The Morgan fingerprint density at radius 1 is 1.15 bits per heavy atom. The summed E-state index contributed by atoms with van der Waals surface area (Å²) >= 11 is 0. The normalized spacial score (nSPS) is 18.4. The Morgan fingerprint density at radius 3 is 2.44 bits per heavy atom. The van der Waals surface area contributed by atoms with Crippen LogP contribution in [0.25, 0.3) is 5.57 Å². The second-order valence-electron chi connectivity index (χ2n) is 7.91. The second-order valence-corrected chi connectivity index (χ2v) is 7.91. The van der Waals surface area contributed by atoms with E-state index in [-0.39, 0.29) is 12.1 Å². The molecule has 3 nitrogen and oxygen atoms in total. The number of benzene rings is 2. The van der Waals surface area contributed by atoms with E-state index in [1.54, 1.807) is 26.8 Å². The fourth-order valence-corrected chi connectivity index (χ4v) is 3.20. The lowest BCUT2D eigenvalue weighted by atomic mass is 9.88. The average Bonchev–Trinajstić information content (AvgIpc) is 3.07. The van der Waals surface area contributed by atoms with Gasteiger partial charge in [-0.2, -0.15) is 0 Å². The molecule has 0 saturated carbocycles. The number of amides is 1. The van der Waals surface area contributed by atoms with Crippen molar-refractivity contribution < 1.29 is 18.7 Å². The number of carbonyl (C=O) groups is 1. The van der Waals surface area contributed by atoms with E-state index < -0.39 is 35.1 Å². The van der Waals surface area contributed by atoms with Gasteiger partial charge in [-0.05, 0) is 34.8 Å². The van der Waals surface area contributed by atoms with Gasteiger partial charge >= 0.3 is 0 Å². The molecule has 0 fully saturated rings. The minimum absolute atomic E-state index is 0.103. The summed E-state index contributed by atoms with van der Waals surface area (Å²) in [6, 6.07) is 12.1. The van der Waals surface area contributed by atoms with Crippen LogP contribution >= 0.6 is 0 Å². The van der Waals surface area contributed by atoms with Gasteiger partial charge in [0, 0.05) is 12.1 Å². The third-order valence-corrected chi connectivity index (χ3v) is 4.79. The van der Waals surface area contributed by atoms with Crippen molar-refractivity contribution in [3.05, 3.63) is 77.4 Å². The van der Waals surface area contributed by atoms with Crippen molar-refractivity contribution in [3.8, 4) is 0 Å². The molecule has 0 spiro atoms. The standard InChI is InChI=1S/C22H23F2NO2/c1-22(2,3)20(26)21(27)25-13-15(17-12-16(23)9-10-18(17)24)11-19(25)14-7-5-4-6-8-14/h4-12,19-20,26H,13H2,1-3H3/t19?,20-/m1/s1. The maximum Gasteiger partial charge on any atom is 0.253 e. The smallest absolute Gasteiger partial charge is 0.253 e. The molecule has 0 aliphatic carbocycles. The SMILES string of the molecule is CC(C)(C)[C@H](O)C(=O)N1CC(c2cc(F)ccc2F)=CC1c1ccccc1. The fraction of sp³-hybridized carbons (Fsp3) is 0.318. The van der Waals surface area contributed by atoms with Gasteiger partial charge in [-0.25, -0.2) is 8.78 Å². The number of nitrogens with zero attached hydrogens (tertiary/aromatic N) is 1. The van der Waals surface area contributed by atoms with Gasteiger partial charge in [0.2, 0.25) is 0 Å². The van der Waals surface area contributed by atoms with E-state index in [1.165, 1.54) is 4.90 Å². The minimum atomic E-state index is -1.20. The predicted octanol–water partition coefficient (Wildman–Crippen LogP) is 4.34. The average molecular weight is 371 g/mol. The summed E-state index contributed by atoms with van der Waals surface area (Å²) in [5.74, 6) is -1.51. The fourth-order valence-electron chi connectivity index (χ4n) is 3.20. The van der Waals surface area contributed by atoms with Crippen molar-refractivity contribution in [2.75, 3.05) is 6.54 Å². The lowest BCUT2D eigenvalue weighted by Gasteiger charge is -2.32. The summed E-state index contributed by atoms with van der Waals surface area (Å²) in [6.07, 6.45) is 0.564. The molecule has 1 unspecified atom stereocenters. The summed E-state index contributed by atoms with van der Waals surface area (Å²) in [6.45, 7) is 5.45. The Hall–Kier alpha value is -2.53. The molecule has 2 atom stereocenters. The quantitative estimate of drug-likeness (QED) is 0.872. The molecule has 0 saturated heterocycles. The van der Waals surface area contributed by atoms with Crippen molar-refractivity contribution in [1.82, 2.24) is 4.90 Å². The molecule has 27 heavy (non-hydrogen) atoms. The van der Waals surface area contributed by atoms with E-state index in [0.29, 0.717) is 5.57 Å². The van der Waals surface area contributed by atoms with Crippen LogP contribution in [0.5, 0.6) is 0 Å². The molecule has 1 N–H and O–H groups in total. The summed E-state index contributed by atoms with van der Waals surface area (Å²) in [5, 5.41) is 10.5. The van der Waals surface area contributed by atoms with Gasteiger partial charge in [0.15, 0.2) is 0 Å². The van der Waals surface area contributed by atoms with Crippen LogP contribution in [0.2, 0.25) is 0 Å². The molecule has 2 aromatic rings. The van der Waals surface area contributed by atoms with Crippen LogP contribution in [0.1, 0.15) is 37.9 Å². The Kier molecular flexibility index (Phi) is 5.16. The first-order valence-corrected chi connectivity index (χ1v) is 8.88. The molecule has 0 aromatic heterocycles. The van der Waals surface area contributed by atoms with Gasteiger partial charge in [0.05, 0.1) is 6.04 Å². The highest BCUT2D eigenvalue weighted by Crippen LogP contribution is 2.37. The summed E-state index contributed by atoms with van der Waals surface area (Å²) < 4.78 is 27.9. The maximum atomic E-state index is 14.3. The minimum Gasteiger partial charge on any atom is -0.383 e. The van der Waals surface area contributed by atoms with E-state index in [4.69, 9.17) is 0 Å². The highest BCUT2D eigenvalue weighted by atomic mass is 19.1. The lowest BCUT2D eigenvalue weighted by Crippen LogP contribution is -2.45. The third kappa shape index (κ3) is 3.93.